The van der Waals surface area contributed by atoms with E-state index in [0.29, 0.717) is 40.6 Å². The van der Waals surface area contributed by atoms with E-state index >= 15 is 0 Å². The summed E-state index contributed by atoms with van der Waals surface area (Å²) in [6.45, 7) is 12.0. The minimum Gasteiger partial charge on any atom is -0.497 e. The Morgan fingerprint density at radius 1 is 0.961 bits per heavy atom. The predicted molar refractivity (Wildman–Crippen MR) is 201 cm³/mol. The van der Waals surface area contributed by atoms with Crippen LogP contribution in [-0.4, -0.2) is 53.2 Å². The van der Waals surface area contributed by atoms with Crippen molar-refractivity contribution in [3.63, 3.8) is 0 Å². The number of benzene rings is 2. The number of carbonyl (C=O) groups is 1. The summed E-state index contributed by atoms with van der Waals surface area (Å²) in [5.74, 6) is 2.64. The zero-order valence-corrected chi connectivity index (χ0v) is 31.1. The van der Waals surface area contributed by atoms with Gasteiger partial charge in [0.25, 0.3) is 5.91 Å². The lowest BCUT2D eigenvalue weighted by atomic mass is 9.93. The van der Waals surface area contributed by atoms with Crippen LogP contribution in [0.3, 0.4) is 0 Å². The Balaban J connectivity index is 1.23. The molecule has 1 aliphatic rings. The van der Waals surface area contributed by atoms with Crippen molar-refractivity contribution in [2.45, 2.75) is 83.3 Å². The van der Waals surface area contributed by atoms with Crippen molar-refractivity contribution in [1.29, 1.82) is 5.26 Å². The van der Waals surface area contributed by atoms with Crippen molar-refractivity contribution in [1.82, 2.24) is 19.7 Å². The molecule has 51 heavy (non-hydrogen) atoms. The molecule has 0 saturated heterocycles. The summed E-state index contributed by atoms with van der Waals surface area (Å²) in [6.07, 6.45) is 7.43. The van der Waals surface area contributed by atoms with Gasteiger partial charge in [0.15, 0.2) is 19.8 Å². The lowest BCUT2D eigenvalue weighted by molar-refractivity contribution is 0.102. The van der Waals surface area contributed by atoms with Crippen LogP contribution >= 0.6 is 0 Å². The molecule has 1 saturated carbocycles. The van der Waals surface area contributed by atoms with Crippen molar-refractivity contribution in [2.24, 2.45) is 0 Å². The van der Waals surface area contributed by atoms with Crippen LogP contribution in [0.25, 0.3) is 11.0 Å². The van der Waals surface area contributed by atoms with E-state index < -0.39 is 8.32 Å². The van der Waals surface area contributed by atoms with E-state index in [1.165, 1.54) is 12.3 Å². The summed E-state index contributed by atoms with van der Waals surface area (Å²) in [5, 5.41) is 21.7. The first kappa shape index (κ1) is 35.6. The fourth-order valence-electron chi connectivity index (χ4n) is 5.94. The minimum atomic E-state index is -1.85. The van der Waals surface area contributed by atoms with Crippen LogP contribution in [0.5, 0.6) is 17.2 Å². The van der Waals surface area contributed by atoms with Crippen molar-refractivity contribution >= 4 is 36.9 Å². The molecule has 5 aromatic rings. The summed E-state index contributed by atoms with van der Waals surface area (Å²) in [6, 6.07) is 22.0. The van der Waals surface area contributed by atoms with E-state index in [0.717, 1.165) is 48.2 Å². The highest BCUT2D eigenvalue weighted by Crippen LogP contribution is 2.40. The van der Waals surface area contributed by atoms with Gasteiger partial charge >= 0.3 is 0 Å². The molecule has 3 aromatic heterocycles. The molecule has 0 atom stereocenters. The average molecular weight is 704 g/mol. The number of carbonyl (C=O) groups excluding carboxylic acids is 1. The van der Waals surface area contributed by atoms with Crippen LogP contribution in [0.15, 0.2) is 79.1 Å². The molecule has 2 N–H and O–H groups in total. The largest absolute Gasteiger partial charge is 0.497 e. The standard InChI is InChI=1S/C39H45N7O4Si/c1-39(2,3)51(5,6)50-32-17-11-29(12-18-32)43-36-35-33(20-22-42-37(35)46(45-36)25-26-7-13-30(48-4)14-8-26)49-31-15-9-28(10-16-31)38(47)44-34-23-27(24-40)19-21-41-34/h7-10,13-16,19-23,29,32H,11-12,17-18,25H2,1-6H3,(H,43,45)(H,41,44,47)/t29-,32-. The van der Waals surface area contributed by atoms with Crippen molar-refractivity contribution in [2.75, 3.05) is 17.7 Å². The lowest BCUT2D eigenvalue weighted by Crippen LogP contribution is -2.45. The van der Waals surface area contributed by atoms with Gasteiger partial charge in [-0.15, -0.1) is 0 Å². The van der Waals surface area contributed by atoms with Gasteiger partial charge in [0.1, 0.15) is 28.5 Å². The number of ether oxygens (including phenoxy) is 2. The second kappa shape index (κ2) is 14.9. The maximum Gasteiger partial charge on any atom is 0.256 e. The number of nitrogens with zero attached hydrogens (tertiary/aromatic N) is 5. The zero-order valence-electron chi connectivity index (χ0n) is 30.1. The second-order valence-corrected chi connectivity index (χ2v) is 19.2. The zero-order chi connectivity index (χ0) is 36.2. The van der Waals surface area contributed by atoms with E-state index in [-0.39, 0.29) is 23.1 Å². The number of aromatic nitrogens is 4. The minimum absolute atomic E-state index is 0.177. The van der Waals surface area contributed by atoms with Crippen LogP contribution in [0, 0.1) is 11.3 Å². The lowest BCUT2D eigenvalue weighted by Gasteiger charge is -2.41. The Bertz CT molecular complexity index is 2020. The summed E-state index contributed by atoms with van der Waals surface area (Å²) >= 11 is 0. The quantitative estimate of drug-likeness (QED) is 0.130. The molecule has 0 aliphatic heterocycles. The van der Waals surface area contributed by atoms with Crippen molar-refractivity contribution < 1.29 is 18.7 Å². The predicted octanol–water partition coefficient (Wildman–Crippen LogP) is 8.54. The summed E-state index contributed by atoms with van der Waals surface area (Å²) < 4.78 is 20.5. The van der Waals surface area contributed by atoms with Gasteiger partial charge in [0.2, 0.25) is 0 Å². The Morgan fingerprint density at radius 2 is 1.65 bits per heavy atom. The maximum atomic E-state index is 12.9. The first-order valence-electron chi connectivity index (χ1n) is 17.3. The van der Waals surface area contributed by atoms with Gasteiger partial charge in [-0.25, -0.2) is 14.6 Å². The highest BCUT2D eigenvalue weighted by atomic mass is 28.4. The van der Waals surface area contributed by atoms with Crippen LogP contribution < -0.4 is 20.1 Å². The molecule has 11 nitrogen and oxygen atoms in total. The van der Waals surface area contributed by atoms with Gasteiger partial charge in [-0.05, 0) is 97.9 Å². The SMILES string of the molecule is COc1ccc(Cn2nc(N[C@H]3CC[C@H](O[Si](C)(C)C(C)(C)C)CC3)c3c(Oc4ccc(C(=O)Nc5cc(C#N)ccn5)cc4)ccnc32)cc1. The molecule has 1 fully saturated rings. The Labute approximate surface area is 300 Å². The fraction of sp³-hybridized carbons (Fsp3) is 0.359. The van der Waals surface area contributed by atoms with Crippen LogP contribution in [0.4, 0.5) is 11.6 Å². The number of nitrogens with one attached hydrogen (secondary N) is 2. The Hall–Kier alpha value is -5.25. The molecule has 0 spiro atoms. The molecule has 0 radical (unpaired) electrons. The number of amides is 1. The number of anilines is 2. The first-order valence-corrected chi connectivity index (χ1v) is 20.2. The van der Waals surface area contributed by atoms with Crippen LogP contribution in [0.2, 0.25) is 18.1 Å². The highest BCUT2D eigenvalue weighted by Gasteiger charge is 2.40. The fourth-order valence-corrected chi connectivity index (χ4v) is 7.36. The summed E-state index contributed by atoms with van der Waals surface area (Å²) in [7, 11) is -0.189. The number of pyridine rings is 2. The number of nitriles is 1. The van der Waals surface area contributed by atoms with Gasteiger partial charge in [0, 0.05) is 36.2 Å². The molecule has 6 rings (SSSR count). The normalized spacial score (nSPS) is 16.3. The van der Waals surface area contributed by atoms with E-state index in [1.807, 2.05) is 35.0 Å². The van der Waals surface area contributed by atoms with Crippen molar-refractivity contribution in [3.8, 4) is 23.3 Å². The van der Waals surface area contributed by atoms with E-state index in [1.54, 1.807) is 43.6 Å². The Kier molecular flexibility index (Phi) is 10.4. The number of hydrogen-bond acceptors (Lipinski definition) is 9. The molecule has 12 heteroatoms. The van der Waals surface area contributed by atoms with Crippen molar-refractivity contribution in [3.05, 3.63) is 95.8 Å². The van der Waals surface area contributed by atoms with Gasteiger partial charge in [-0.2, -0.15) is 10.4 Å². The smallest absolute Gasteiger partial charge is 0.256 e. The third-order valence-electron chi connectivity index (χ3n) is 9.84. The van der Waals surface area contributed by atoms with Gasteiger partial charge in [-0.1, -0.05) is 32.9 Å². The molecular formula is C39H45N7O4Si. The van der Waals surface area contributed by atoms with Gasteiger partial charge < -0.3 is 24.5 Å². The molecular weight excluding hydrogens is 659 g/mol. The third kappa shape index (κ3) is 8.39. The van der Waals surface area contributed by atoms with E-state index in [4.69, 9.17) is 29.2 Å². The van der Waals surface area contributed by atoms with E-state index in [2.05, 4.69) is 55.6 Å². The van der Waals surface area contributed by atoms with E-state index in [9.17, 15) is 4.79 Å². The first-order chi connectivity index (χ1) is 24.4. The number of fused-ring (bicyclic) bond motifs is 1. The topological polar surface area (TPSA) is 136 Å². The number of rotatable bonds is 11. The highest BCUT2D eigenvalue weighted by molar-refractivity contribution is 6.74. The Morgan fingerprint density at radius 3 is 2.31 bits per heavy atom. The molecule has 0 unspecified atom stereocenters. The van der Waals surface area contributed by atoms with Gasteiger partial charge in [0.05, 0.1) is 25.3 Å². The van der Waals surface area contributed by atoms with Crippen LogP contribution in [0.1, 0.15) is 67.9 Å². The molecule has 2 aromatic carbocycles. The number of methoxy groups -OCH3 is 1. The molecule has 264 valence electrons. The second-order valence-electron chi connectivity index (χ2n) is 14.5. The van der Waals surface area contributed by atoms with Crippen LogP contribution in [-0.2, 0) is 11.0 Å². The molecule has 1 amide bonds. The molecule has 1 aliphatic carbocycles. The summed E-state index contributed by atoms with van der Waals surface area (Å²) in [4.78, 5) is 21.8. The van der Waals surface area contributed by atoms with Gasteiger partial charge in [-0.3, -0.25) is 4.79 Å². The molecule has 3 heterocycles. The maximum absolute atomic E-state index is 12.9. The number of hydrogen-bond donors (Lipinski definition) is 2. The molecule has 0 bridgehead atoms. The average Bonchev–Trinajstić information content (AvgIpc) is 3.46. The summed E-state index contributed by atoms with van der Waals surface area (Å²) in [5.41, 5.74) is 2.60. The monoisotopic (exact) mass is 703 g/mol. The third-order valence-corrected chi connectivity index (χ3v) is 14.4.